The van der Waals surface area contributed by atoms with Crippen molar-refractivity contribution in [2.24, 2.45) is 5.92 Å². The molecule has 7 nitrogen and oxygen atoms in total. The van der Waals surface area contributed by atoms with Crippen LogP contribution in [0.15, 0.2) is 18.5 Å². The van der Waals surface area contributed by atoms with Crippen molar-refractivity contribution in [3.8, 4) is 0 Å². The lowest BCUT2D eigenvalue weighted by atomic mass is 9.93. The lowest BCUT2D eigenvalue weighted by Crippen LogP contribution is -2.53. The van der Waals surface area contributed by atoms with E-state index in [-0.39, 0.29) is 18.2 Å². The van der Waals surface area contributed by atoms with Gasteiger partial charge >= 0.3 is 6.03 Å². The summed E-state index contributed by atoms with van der Waals surface area (Å²) in [6.07, 6.45) is 4.57. The van der Waals surface area contributed by atoms with Crippen molar-refractivity contribution < 1.29 is 9.53 Å². The van der Waals surface area contributed by atoms with Crippen LogP contribution >= 0.6 is 0 Å². The summed E-state index contributed by atoms with van der Waals surface area (Å²) in [5.74, 6) is 1.17. The quantitative estimate of drug-likeness (QED) is 0.884. The molecule has 3 rings (SSSR count). The number of nitrogens with zero attached hydrogens (tertiary/aromatic N) is 4. The van der Waals surface area contributed by atoms with E-state index in [4.69, 9.17) is 4.74 Å². The second-order valence-corrected chi connectivity index (χ2v) is 6.50. The van der Waals surface area contributed by atoms with Gasteiger partial charge in [-0.2, -0.15) is 0 Å². The molecular formula is C16H25N5O2. The zero-order valence-corrected chi connectivity index (χ0v) is 13.8. The lowest BCUT2D eigenvalue weighted by Gasteiger charge is -2.38. The molecule has 0 bridgehead atoms. The Bertz CT molecular complexity index is 524. The highest BCUT2D eigenvalue weighted by Crippen LogP contribution is 2.25. The van der Waals surface area contributed by atoms with Gasteiger partial charge in [0.1, 0.15) is 0 Å². The van der Waals surface area contributed by atoms with Gasteiger partial charge in [0.05, 0.1) is 12.7 Å². The standard InChI is InChI=1S/C16H25N5O2/c1-12(2)19-16(22)21-7-4-13-10-20(8-9-23-14(13)11-21)15-17-5-3-6-18-15/h3,5-6,12-14H,4,7-11H2,1-2H3,(H,19,22)/t13-,14-/m1/s1. The number of likely N-dealkylation sites (tertiary alicyclic amines) is 1. The maximum atomic E-state index is 12.2. The first-order valence-electron chi connectivity index (χ1n) is 8.32. The van der Waals surface area contributed by atoms with Crippen molar-refractivity contribution in [3.05, 3.63) is 18.5 Å². The number of ether oxygens (including phenoxy) is 1. The van der Waals surface area contributed by atoms with Crippen LogP contribution in [-0.4, -0.2) is 65.8 Å². The molecule has 2 atom stereocenters. The van der Waals surface area contributed by atoms with Gasteiger partial charge in [-0.05, 0) is 26.3 Å². The van der Waals surface area contributed by atoms with Gasteiger partial charge in [0.25, 0.3) is 0 Å². The maximum absolute atomic E-state index is 12.2. The molecular weight excluding hydrogens is 294 g/mol. The Labute approximate surface area is 137 Å². The first-order chi connectivity index (χ1) is 11.1. The molecule has 1 aromatic heterocycles. The maximum Gasteiger partial charge on any atom is 0.317 e. The largest absolute Gasteiger partial charge is 0.374 e. The van der Waals surface area contributed by atoms with Crippen LogP contribution in [0, 0.1) is 5.92 Å². The number of piperidine rings is 1. The first-order valence-corrected chi connectivity index (χ1v) is 8.32. The molecule has 0 spiro atoms. The Morgan fingerprint density at radius 3 is 2.83 bits per heavy atom. The van der Waals surface area contributed by atoms with Gasteiger partial charge in [-0.15, -0.1) is 0 Å². The summed E-state index contributed by atoms with van der Waals surface area (Å²) in [6.45, 7) is 7.69. The van der Waals surface area contributed by atoms with Crippen molar-refractivity contribution in [3.63, 3.8) is 0 Å². The Kier molecular flexibility index (Phi) is 4.95. The first kappa shape index (κ1) is 16.0. The molecule has 0 aliphatic carbocycles. The number of fused-ring (bicyclic) bond motifs is 1. The van der Waals surface area contributed by atoms with Gasteiger partial charge in [0, 0.05) is 50.5 Å². The van der Waals surface area contributed by atoms with Gasteiger partial charge in [-0.1, -0.05) is 0 Å². The number of urea groups is 1. The van der Waals surface area contributed by atoms with Crippen molar-refractivity contribution in [2.75, 3.05) is 37.7 Å². The minimum Gasteiger partial charge on any atom is -0.374 e. The van der Waals surface area contributed by atoms with Gasteiger partial charge in [-0.3, -0.25) is 0 Å². The van der Waals surface area contributed by atoms with E-state index in [1.807, 2.05) is 24.8 Å². The number of aromatic nitrogens is 2. The lowest BCUT2D eigenvalue weighted by molar-refractivity contribution is -0.0111. The summed E-state index contributed by atoms with van der Waals surface area (Å²) in [5.41, 5.74) is 0. The van der Waals surface area contributed by atoms with E-state index in [0.29, 0.717) is 19.1 Å². The zero-order valence-electron chi connectivity index (χ0n) is 13.8. The fraction of sp³-hybridized carbons (Fsp3) is 0.688. The summed E-state index contributed by atoms with van der Waals surface area (Å²) in [6, 6.07) is 1.99. The summed E-state index contributed by atoms with van der Waals surface area (Å²) < 4.78 is 6.03. The SMILES string of the molecule is CC(C)NC(=O)N1CC[C@@H]2CN(c3ncccn3)CCO[C@@H]2C1. The average Bonchev–Trinajstić information content (AvgIpc) is 2.76. The molecule has 2 fully saturated rings. The summed E-state index contributed by atoms with van der Waals surface area (Å²) >= 11 is 0. The summed E-state index contributed by atoms with van der Waals surface area (Å²) in [7, 11) is 0. The predicted octanol–water partition coefficient (Wildman–Crippen LogP) is 1.12. The molecule has 1 N–H and O–H groups in total. The number of amides is 2. The van der Waals surface area contributed by atoms with Crippen LogP contribution in [0.5, 0.6) is 0 Å². The molecule has 0 saturated carbocycles. The Hall–Kier alpha value is -1.89. The monoisotopic (exact) mass is 319 g/mol. The van der Waals surface area contributed by atoms with Crippen LogP contribution in [0.3, 0.4) is 0 Å². The van der Waals surface area contributed by atoms with Crippen molar-refractivity contribution in [1.29, 1.82) is 0 Å². The second-order valence-electron chi connectivity index (χ2n) is 6.50. The third-order valence-corrected chi connectivity index (χ3v) is 4.38. The van der Waals surface area contributed by atoms with E-state index in [0.717, 1.165) is 32.0 Å². The predicted molar refractivity (Wildman–Crippen MR) is 87.3 cm³/mol. The Morgan fingerprint density at radius 2 is 2.09 bits per heavy atom. The van der Waals surface area contributed by atoms with Crippen LogP contribution in [0.1, 0.15) is 20.3 Å². The van der Waals surface area contributed by atoms with Gasteiger partial charge in [0.15, 0.2) is 0 Å². The van der Waals surface area contributed by atoms with E-state index in [2.05, 4.69) is 20.2 Å². The molecule has 7 heteroatoms. The van der Waals surface area contributed by atoms with Crippen LogP contribution in [0.2, 0.25) is 0 Å². The van der Waals surface area contributed by atoms with Crippen LogP contribution in [-0.2, 0) is 4.74 Å². The molecule has 1 aromatic rings. The smallest absolute Gasteiger partial charge is 0.317 e. The molecule has 0 radical (unpaired) electrons. The number of hydrogen-bond acceptors (Lipinski definition) is 5. The number of rotatable bonds is 2. The van der Waals surface area contributed by atoms with E-state index < -0.39 is 0 Å². The molecule has 23 heavy (non-hydrogen) atoms. The molecule has 2 aliphatic rings. The third kappa shape index (κ3) is 3.90. The normalized spacial score (nSPS) is 25.0. The van der Waals surface area contributed by atoms with Gasteiger partial charge in [-0.25, -0.2) is 14.8 Å². The van der Waals surface area contributed by atoms with Crippen molar-refractivity contribution in [2.45, 2.75) is 32.4 Å². The minimum absolute atomic E-state index is 0.00884. The number of carbonyl (C=O) groups excluding carboxylic acids is 1. The van der Waals surface area contributed by atoms with E-state index >= 15 is 0 Å². The highest BCUT2D eigenvalue weighted by molar-refractivity contribution is 5.74. The fourth-order valence-electron chi connectivity index (χ4n) is 3.21. The fourth-order valence-corrected chi connectivity index (χ4v) is 3.21. The Morgan fingerprint density at radius 1 is 1.30 bits per heavy atom. The minimum atomic E-state index is 0.00884. The van der Waals surface area contributed by atoms with Crippen LogP contribution in [0.25, 0.3) is 0 Å². The Balaban J connectivity index is 1.62. The highest BCUT2D eigenvalue weighted by atomic mass is 16.5. The average molecular weight is 319 g/mol. The van der Waals surface area contributed by atoms with E-state index in [1.54, 1.807) is 12.4 Å². The molecule has 2 amide bonds. The molecule has 3 heterocycles. The third-order valence-electron chi connectivity index (χ3n) is 4.38. The number of nitrogens with one attached hydrogen (secondary N) is 1. The van der Waals surface area contributed by atoms with Crippen LogP contribution in [0.4, 0.5) is 10.7 Å². The van der Waals surface area contributed by atoms with Crippen molar-refractivity contribution >= 4 is 12.0 Å². The number of carbonyl (C=O) groups is 1. The summed E-state index contributed by atoms with van der Waals surface area (Å²) in [5, 5.41) is 2.96. The molecule has 126 valence electrons. The molecule has 2 saturated heterocycles. The molecule has 0 aromatic carbocycles. The number of hydrogen-bond donors (Lipinski definition) is 1. The second kappa shape index (κ2) is 7.12. The molecule has 0 unspecified atom stereocenters. The topological polar surface area (TPSA) is 70.6 Å². The zero-order chi connectivity index (χ0) is 16.2. The number of anilines is 1. The van der Waals surface area contributed by atoms with Crippen LogP contribution < -0.4 is 10.2 Å². The van der Waals surface area contributed by atoms with Gasteiger partial charge < -0.3 is 19.9 Å². The van der Waals surface area contributed by atoms with E-state index in [1.165, 1.54) is 0 Å². The van der Waals surface area contributed by atoms with Crippen molar-refractivity contribution in [1.82, 2.24) is 20.2 Å². The van der Waals surface area contributed by atoms with E-state index in [9.17, 15) is 4.79 Å². The summed E-state index contributed by atoms with van der Waals surface area (Å²) in [4.78, 5) is 24.9. The van der Waals surface area contributed by atoms with Gasteiger partial charge in [0.2, 0.25) is 5.95 Å². The molecule has 2 aliphatic heterocycles. The highest BCUT2D eigenvalue weighted by Gasteiger charge is 2.35.